The fourth-order valence-corrected chi connectivity index (χ4v) is 2.45. The second-order valence-corrected chi connectivity index (χ2v) is 5.74. The Bertz CT molecular complexity index is 461. The molecule has 0 amide bonds. The van der Waals surface area contributed by atoms with Crippen LogP contribution >= 0.6 is 0 Å². The van der Waals surface area contributed by atoms with Crippen molar-refractivity contribution in [3.05, 3.63) is 17.0 Å². The van der Waals surface area contributed by atoms with Crippen molar-refractivity contribution < 1.29 is 0 Å². The second kappa shape index (κ2) is 8.70. The smallest absolute Gasteiger partial charge is 0.191 e. The van der Waals surface area contributed by atoms with E-state index in [9.17, 15) is 0 Å². The molecule has 1 aromatic rings. The third kappa shape index (κ3) is 5.40. The van der Waals surface area contributed by atoms with Crippen LogP contribution < -0.4 is 10.6 Å². The third-order valence-corrected chi connectivity index (χ3v) is 3.94. The first-order valence-electron chi connectivity index (χ1n) is 7.95. The predicted octanol–water partition coefficient (Wildman–Crippen LogP) is 2.67. The highest BCUT2D eigenvalue weighted by molar-refractivity contribution is 5.79. The average Bonchev–Trinajstić information content (AvgIpc) is 2.69. The van der Waals surface area contributed by atoms with Gasteiger partial charge in [0, 0.05) is 37.9 Å². The number of unbranched alkanes of at least 4 members (excludes halogenated alkanes) is 2. The Morgan fingerprint density at radius 1 is 1.33 bits per heavy atom. The molecule has 0 aliphatic heterocycles. The van der Waals surface area contributed by atoms with E-state index in [-0.39, 0.29) is 0 Å². The lowest BCUT2D eigenvalue weighted by Gasteiger charge is -2.18. The molecule has 0 bridgehead atoms. The fraction of sp³-hybridized carbons (Fsp3) is 0.750. The van der Waals surface area contributed by atoms with Crippen LogP contribution in [0.4, 0.5) is 0 Å². The van der Waals surface area contributed by atoms with Crippen molar-refractivity contribution in [1.82, 2.24) is 20.4 Å². The van der Waals surface area contributed by atoms with Crippen LogP contribution in [0, 0.1) is 13.8 Å². The highest BCUT2D eigenvalue weighted by atomic mass is 15.3. The number of aliphatic imine (C=N–C) groups is 1. The van der Waals surface area contributed by atoms with Crippen molar-refractivity contribution in [2.24, 2.45) is 12.0 Å². The SMILES string of the molecule is CCCCCC(C)NC(=NC)NCc1c(C)nn(C)c1C. The van der Waals surface area contributed by atoms with Crippen molar-refractivity contribution in [2.45, 2.75) is 66.0 Å². The van der Waals surface area contributed by atoms with E-state index in [0.29, 0.717) is 6.04 Å². The van der Waals surface area contributed by atoms with Crippen LogP contribution in [0.3, 0.4) is 0 Å². The Hall–Kier alpha value is -1.52. The van der Waals surface area contributed by atoms with Gasteiger partial charge in [-0.1, -0.05) is 26.2 Å². The van der Waals surface area contributed by atoms with E-state index in [4.69, 9.17) is 0 Å². The molecule has 5 heteroatoms. The zero-order valence-electron chi connectivity index (χ0n) is 14.5. The molecule has 21 heavy (non-hydrogen) atoms. The van der Waals surface area contributed by atoms with Crippen LogP contribution in [-0.4, -0.2) is 28.8 Å². The predicted molar refractivity (Wildman–Crippen MR) is 89.6 cm³/mol. The molecule has 0 spiro atoms. The Balaban J connectivity index is 2.48. The van der Waals surface area contributed by atoms with E-state index < -0.39 is 0 Å². The zero-order valence-corrected chi connectivity index (χ0v) is 14.5. The van der Waals surface area contributed by atoms with Crippen molar-refractivity contribution in [1.29, 1.82) is 0 Å². The van der Waals surface area contributed by atoms with Gasteiger partial charge in [-0.15, -0.1) is 0 Å². The van der Waals surface area contributed by atoms with Gasteiger partial charge in [0.05, 0.1) is 5.69 Å². The molecule has 1 rings (SSSR count). The van der Waals surface area contributed by atoms with Crippen molar-refractivity contribution >= 4 is 5.96 Å². The molecule has 5 nitrogen and oxygen atoms in total. The Morgan fingerprint density at radius 2 is 2.05 bits per heavy atom. The number of hydrogen-bond donors (Lipinski definition) is 2. The summed E-state index contributed by atoms with van der Waals surface area (Å²) in [7, 11) is 3.80. The van der Waals surface area contributed by atoms with Gasteiger partial charge < -0.3 is 10.6 Å². The molecule has 1 heterocycles. The van der Waals surface area contributed by atoms with Crippen LogP contribution in [0.5, 0.6) is 0 Å². The molecule has 120 valence electrons. The molecule has 0 aromatic carbocycles. The van der Waals surface area contributed by atoms with Gasteiger partial charge in [0.1, 0.15) is 0 Å². The minimum absolute atomic E-state index is 0.443. The Morgan fingerprint density at radius 3 is 2.57 bits per heavy atom. The van der Waals surface area contributed by atoms with Crippen LogP contribution in [0.25, 0.3) is 0 Å². The summed E-state index contributed by atoms with van der Waals surface area (Å²) in [6, 6.07) is 0.443. The number of nitrogens with one attached hydrogen (secondary N) is 2. The van der Waals surface area contributed by atoms with Gasteiger partial charge in [0.15, 0.2) is 5.96 Å². The lowest BCUT2D eigenvalue weighted by molar-refractivity contribution is 0.546. The van der Waals surface area contributed by atoms with Crippen molar-refractivity contribution in [3.8, 4) is 0 Å². The average molecular weight is 293 g/mol. The zero-order chi connectivity index (χ0) is 15.8. The number of nitrogens with zero attached hydrogens (tertiary/aromatic N) is 3. The van der Waals surface area contributed by atoms with Gasteiger partial charge >= 0.3 is 0 Å². The summed E-state index contributed by atoms with van der Waals surface area (Å²) in [4.78, 5) is 4.30. The minimum atomic E-state index is 0.443. The molecule has 0 saturated heterocycles. The number of guanidine groups is 1. The maximum absolute atomic E-state index is 4.44. The van der Waals surface area contributed by atoms with Crippen LogP contribution in [0.15, 0.2) is 4.99 Å². The highest BCUT2D eigenvalue weighted by Crippen LogP contribution is 2.11. The van der Waals surface area contributed by atoms with Crippen LogP contribution in [0.2, 0.25) is 0 Å². The van der Waals surface area contributed by atoms with Gasteiger partial charge in [0.2, 0.25) is 0 Å². The largest absolute Gasteiger partial charge is 0.354 e. The van der Waals surface area contributed by atoms with E-state index >= 15 is 0 Å². The van der Waals surface area contributed by atoms with Crippen LogP contribution in [-0.2, 0) is 13.6 Å². The summed E-state index contributed by atoms with van der Waals surface area (Å²) in [6.45, 7) is 9.35. The summed E-state index contributed by atoms with van der Waals surface area (Å²) in [5.74, 6) is 0.863. The maximum Gasteiger partial charge on any atom is 0.191 e. The first-order valence-corrected chi connectivity index (χ1v) is 7.95. The monoisotopic (exact) mass is 293 g/mol. The first kappa shape index (κ1) is 17.5. The molecule has 0 aliphatic rings. The molecule has 0 fully saturated rings. The molecule has 1 unspecified atom stereocenters. The molecule has 0 saturated carbocycles. The van der Waals surface area contributed by atoms with E-state index in [2.05, 4.69) is 41.5 Å². The summed E-state index contributed by atoms with van der Waals surface area (Å²) >= 11 is 0. The normalized spacial score (nSPS) is 13.3. The molecule has 1 aromatic heterocycles. The van der Waals surface area contributed by atoms with Gasteiger partial charge in [-0.25, -0.2) is 0 Å². The van der Waals surface area contributed by atoms with E-state index in [1.165, 1.54) is 36.9 Å². The number of aromatic nitrogens is 2. The lowest BCUT2D eigenvalue weighted by Crippen LogP contribution is -2.41. The van der Waals surface area contributed by atoms with Crippen LogP contribution in [0.1, 0.15) is 56.5 Å². The Labute approximate surface area is 129 Å². The molecule has 2 N–H and O–H groups in total. The number of aryl methyl sites for hydroxylation is 2. The summed E-state index contributed by atoms with van der Waals surface area (Å²) < 4.78 is 1.93. The molecule has 0 radical (unpaired) electrons. The first-order chi connectivity index (χ1) is 9.99. The molecule has 0 aliphatic carbocycles. The quantitative estimate of drug-likeness (QED) is 0.462. The van der Waals surface area contributed by atoms with Gasteiger partial charge in [0.25, 0.3) is 0 Å². The van der Waals surface area contributed by atoms with E-state index in [0.717, 1.165) is 18.2 Å². The summed E-state index contributed by atoms with van der Waals surface area (Å²) in [6.07, 6.45) is 5.01. The van der Waals surface area contributed by atoms with Gasteiger partial charge in [-0.2, -0.15) is 5.10 Å². The number of rotatable bonds is 7. The standard InChI is InChI=1S/C16H31N5/c1-7-8-9-10-12(2)19-16(17-5)18-11-15-13(3)20-21(6)14(15)4/h12H,7-11H2,1-6H3,(H2,17,18,19). The molecular weight excluding hydrogens is 262 g/mol. The molecule has 1 atom stereocenters. The minimum Gasteiger partial charge on any atom is -0.354 e. The van der Waals surface area contributed by atoms with E-state index in [1.807, 2.05) is 25.7 Å². The van der Waals surface area contributed by atoms with Crippen molar-refractivity contribution in [2.75, 3.05) is 7.05 Å². The third-order valence-electron chi connectivity index (χ3n) is 3.94. The fourth-order valence-electron chi connectivity index (χ4n) is 2.45. The van der Waals surface area contributed by atoms with Gasteiger partial charge in [-0.05, 0) is 27.2 Å². The topological polar surface area (TPSA) is 54.2 Å². The number of hydrogen-bond acceptors (Lipinski definition) is 2. The van der Waals surface area contributed by atoms with E-state index in [1.54, 1.807) is 0 Å². The highest BCUT2D eigenvalue weighted by Gasteiger charge is 2.10. The van der Waals surface area contributed by atoms with Crippen molar-refractivity contribution in [3.63, 3.8) is 0 Å². The summed E-state index contributed by atoms with van der Waals surface area (Å²) in [5.41, 5.74) is 3.53. The summed E-state index contributed by atoms with van der Waals surface area (Å²) in [5, 5.41) is 11.3. The maximum atomic E-state index is 4.44. The second-order valence-electron chi connectivity index (χ2n) is 5.74. The molecular formula is C16H31N5. The Kier molecular flexibility index (Phi) is 7.26. The van der Waals surface area contributed by atoms with Gasteiger partial charge in [-0.3, -0.25) is 9.67 Å². The lowest BCUT2D eigenvalue weighted by atomic mass is 10.1.